The van der Waals surface area contributed by atoms with Crippen molar-refractivity contribution in [1.82, 2.24) is 16.0 Å². The summed E-state index contributed by atoms with van der Waals surface area (Å²) in [5.41, 5.74) is -0.0461. The number of nitrogens with zero attached hydrogens (tertiary/aromatic N) is 1. The van der Waals surface area contributed by atoms with Crippen molar-refractivity contribution in [1.29, 1.82) is 0 Å². The summed E-state index contributed by atoms with van der Waals surface area (Å²) < 4.78 is 17.9. The van der Waals surface area contributed by atoms with Gasteiger partial charge in [-0.25, -0.2) is 9.18 Å². The zero-order valence-electron chi connectivity index (χ0n) is 15.5. The van der Waals surface area contributed by atoms with Gasteiger partial charge in [0.25, 0.3) is 0 Å². The van der Waals surface area contributed by atoms with Crippen LogP contribution in [-0.4, -0.2) is 50.2 Å². The monoisotopic (exact) mass is 367 g/mol. The highest BCUT2D eigenvalue weighted by molar-refractivity contribution is 5.94. The molecule has 144 valence electrons. The first-order chi connectivity index (χ1) is 12.2. The zero-order chi connectivity index (χ0) is 19.6. The van der Waals surface area contributed by atoms with Crippen molar-refractivity contribution in [3.05, 3.63) is 30.1 Å². The number of nitrogens with one attached hydrogen (secondary N) is 4. The van der Waals surface area contributed by atoms with Crippen molar-refractivity contribution in [3.63, 3.8) is 0 Å². The fourth-order valence-electron chi connectivity index (χ4n) is 1.78. The Labute approximate surface area is 152 Å². The molecule has 0 bridgehead atoms. The molecule has 0 aromatic heterocycles. The molecule has 0 atom stereocenters. The quantitative estimate of drug-likeness (QED) is 0.346. The molecule has 0 saturated heterocycles. The van der Waals surface area contributed by atoms with Crippen molar-refractivity contribution >= 4 is 23.6 Å². The number of ether oxygens (including phenoxy) is 1. The average Bonchev–Trinajstić information content (AvgIpc) is 2.54. The molecule has 0 aliphatic carbocycles. The SMILES string of the molecule is CN=C(NCCNC(=O)OC(C)(C)C)NCC(=O)Nc1ccc(F)cc1. The highest BCUT2D eigenvalue weighted by Gasteiger charge is 2.15. The van der Waals surface area contributed by atoms with Gasteiger partial charge in [0.2, 0.25) is 5.91 Å². The van der Waals surface area contributed by atoms with Gasteiger partial charge in [-0.15, -0.1) is 0 Å². The Morgan fingerprint density at radius 3 is 2.27 bits per heavy atom. The number of amides is 2. The molecule has 0 spiro atoms. The van der Waals surface area contributed by atoms with Crippen LogP contribution < -0.4 is 21.3 Å². The molecule has 26 heavy (non-hydrogen) atoms. The molecule has 4 N–H and O–H groups in total. The van der Waals surface area contributed by atoms with Gasteiger partial charge < -0.3 is 26.0 Å². The number of guanidine groups is 1. The van der Waals surface area contributed by atoms with Gasteiger partial charge in [-0.05, 0) is 45.0 Å². The third-order valence-corrected chi connectivity index (χ3v) is 2.85. The molecule has 0 unspecified atom stereocenters. The van der Waals surface area contributed by atoms with E-state index in [9.17, 15) is 14.0 Å². The number of anilines is 1. The Morgan fingerprint density at radius 2 is 1.69 bits per heavy atom. The zero-order valence-corrected chi connectivity index (χ0v) is 15.5. The molecule has 0 aliphatic heterocycles. The van der Waals surface area contributed by atoms with Crippen LogP contribution in [0, 0.1) is 5.82 Å². The van der Waals surface area contributed by atoms with Gasteiger partial charge in [0.15, 0.2) is 5.96 Å². The van der Waals surface area contributed by atoms with Gasteiger partial charge in [0.1, 0.15) is 11.4 Å². The molecule has 9 heteroatoms. The van der Waals surface area contributed by atoms with Crippen LogP contribution in [0.4, 0.5) is 14.9 Å². The molecular weight excluding hydrogens is 341 g/mol. The van der Waals surface area contributed by atoms with E-state index in [1.807, 2.05) is 0 Å². The van der Waals surface area contributed by atoms with E-state index in [1.165, 1.54) is 24.3 Å². The molecule has 0 heterocycles. The summed E-state index contributed by atoms with van der Waals surface area (Å²) in [5.74, 6) is -0.262. The van der Waals surface area contributed by atoms with E-state index in [-0.39, 0.29) is 18.3 Å². The summed E-state index contributed by atoms with van der Waals surface area (Å²) in [6, 6.07) is 5.48. The topological polar surface area (TPSA) is 104 Å². The van der Waals surface area contributed by atoms with Crippen LogP contribution in [0.2, 0.25) is 0 Å². The molecule has 0 radical (unpaired) electrons. The second-order valence-corrected chi connectivity index (χ2v) is 6.34. The fourth-order valence-corrected chi connectivity index (χ4v) is 1.78. The molecule has 2 amide bonds. The predicted octanol–water partition coefficient (Wildman–Crippen LogP) is 1.45. The Balaban J connectivity index is 2.25. The van der Waals surface area contributed by atoms with Crippen molar-refractivity contribution in [3.8, 4) is 0 Å². The van der Waals surface area contributed by atoms with Gasteiger partial charge in [-0.3, -0.25) is 9.79 Å². The van der Waals surface area contributed by atoms with E-state index in [2.05, 4.69) is 26.3 Å². The van der Waals surface area contributed by atoms with E-state index < -0.39 is 11.7 Å². The van der Waals surface area contributed by atoms with Gasteiger partial charge >= 0.3 is 6.09 Å². The lowest BCUT2D eigenvalue weighted by molar-refractivity contribution is -0.115. The summed E-state index contributed by atoms with van der Waals surface area (Å²) >= 11 is 0. The van der Waals surface area contributed by atoms with Gasteiger partial charge in [-0.2, -0.15) is 0 Å². The van der Waals surface area contributed by atoms with Crippen molar-refractivity contribution in [2.45, 2.75) is 26.4 Å². The summed E-state index contributed by atoms with van der Waals surface area (Å²) in [6.07, 6.45) is -0.499. The minimum Gasteiger partial charge on any atom is -0.444 e. The normalized spacial score (nSPS) is 11.5. The third kappa shape index (κ3) is 9.45. The van der Waals surface area contributed by atoms with Crippen LogP contribution in [-0.2, 0) is 9.53 Å². The molecule has 0 saturated carbocycles. The Bertz CT molecular complexity index is 626. The molecule has 1 rings (SSSR count). The summed E-state index contributed by atoms with van der Waals surface area (Å²) in [6.45, 7) is 6.07. The third-order valence-electron chi connectivity index (χ3n) is 2.85. The van der Waals surface area contributed by atoms with Crippen LogP contribution in [0.1, 0.15) is 20.8 Å². The molecular formula is C17H26FN5O3. The fraction of sp³-hybridized carbons (Fsp3) is 0.471. The number of hydrogen-bond acceptors (Lipinski definition) is 4. The van der Waals surface area contributed by atoms with Crippen LogP contribution >= 0.6 is 0 Å². The molecule has 1 aromatic carbocycles. The van der Waals surface area contributed by atoms with Crippen LogP contribution in [0.15, 0.2) is 29.3 Å². The highest BCUT2D eigenvalue weighted by Crippen LogP contribution is 2.07. The van der Waals surface area contributed by atoms with Crippen molar-refractivity contribution < 1.29 is 18.7 Å². The maximum Gasteiger partial charge on any atom is 0.407 e. The highest BCUT2D eigenvalue weighted by atomic mass is 19.1. The van der Waals surface area contributed by atoms with Crippen molar-refractivity contribution in [2.24, 2.45) is 4.99 Å². The Kier molecular flexibility index (Phi) is 8.33. The second-order valence-electron chi connectivity index (χ2n) is 6.34. The maximum absolute atomic E-state index is 12.8. The van der Waals surface area contributed by atoms with Crippen molar-refractivity contribution in [2.75, 3.05) is 32.0 Å². The van der Waals surface area contributed by atoms with E-state index >= 15 is 0 Å². The molecule has 0 aliphatic rings. The summed E-state index contributed by atoms with van der Waals surface area (Å²) in [7, 11) is 1.56. The number of rotatable bonds is 6. The number of benzene rings is 1. The first kappa shape index (κ1) is 21.2. The number of halogens is 1. The lowest BCUT2D eigenvalue weighted by Gasteiger charge is -2.19. The predicted molar refractivity (Wildman–Crippen MR) is 98.6 cm³/mol. The first-order valence-corrected chi connectivity index (χ1v) is 8.16. The summed E-state index contributed by atoms with van der Waals surface area (Å²) in [4.78, 5) is 27.3. The Morgan fingerprint density at radius 1 is 1.08 bits per heavy atom. The minimum absolute atomic E-state index is 0.0173. The van der Waals surface area contributed by atoms with E-state index in [0.29, 0.717) is 24.7 Å². The number of carbonyl (C=O) groups is 2. The number of hydrogen-bond donors (Lipinski definition) is 4. The van der Waals surface area contributed by atoms with Crippen LogP contribution in [0.5, 0.6) is 0 Å². The average molecular weight is 367 g/mol. The number of aliphatic imine (C=N–C) groups is 1. The number of carbonyl (C=O) groups excluding carboxylic acids is 2. The smallest absolute Gasteiger partial charge is 0.407 e. The van der Waals surface area contributed by atoms with Gasteiger partial charge in [0.05, 0.1) is 6.54 Å². The molecule has 8 nitrogen and oxygen atoms in total. The summed E-state index contributed by atoms with van der Waals surface area (Å²) in [5, 5.41) is 11.0. The molecule has 1 aromatic rings. The molecule has 0 fully saturated rings. The standard InChI is InChI=1S/C17H26FN5O3/c1-17(2,3)26-16(25)21-10-9-20-15(19-4)22-11-14(24)23-13-7-5-12(18)6-8-13/h5-8H,9-11H2,1-4H3,(H,21,25)(H,23,24)(H2,19,20,22). The lowest BCUT2D eigenvalue weighted by atomic mass is 10.2. The lowest BCUT2D eigenvalue weighted by Crippen LogP contribution is -2.44. The van der Waals surface area contributed by atoms with Crippen LogP contribution in [0.3, 0.4) is 0 Å². The Hall–Kier alpha value is -2.84. The van der Waals surface area contributed by atoms with Gasteiger partial charge in [-0.1, -0.05) is 0 Å². The minimum atomic E-state index is -0.549. The van der Waals surface area contributed by atoms with E-state index in [4.69, 9.17) is 4.74 Å². The number of alkyl carbamates (subject to hydrolysis) is 1. The van der Waals surface area contributed by atoms with Gasteiger partial charge in [0, 0.05) is 25.8 Å². The maximum atomic E-state index is 12.8. The second kappa shape index (κ2) is 10.2. The largest absolute Gasteiger partial charge is 0.444 e. The van der Waals surface area contributed by atoms with E-state index in [1.54, 1.807) is 27.8 Å². The van der Waals surface area contributed by atoms with E-state index in [0.717, 1.165) is 0 Å². The first-order valence-electron chi connectivity index (χ1n) is 8.16. The van der Waals surface area contributed by atoms with Crippen LogP contribution in [0.25, 0.3) is 0 Å².